The molecule has 1 aliphatic rings. The average Bonchev–Trinajstić information content (AvgIpc) is 2.95. The lowest BCUT2D eigenvalue weighted by atomic mass is 9.78. The molecule has 0 radical (unpaired) electrons. The molecule has 102 valence electrons. The fourth-order valence-electron chi connectivity index (χ4n) is 3.42. The number of rotatable bonds is 7. The second-order valence-corrected chi connectivity index (χ2v) is 6.25. The Hall–Kier alpha value is -0.830. The van der Waals surface area contributed by atoms with Gasteiger partial charge in [0.25, 0.3) is 0 Å². The predicted octanol–water partition coefficient (Wildman–Crippen LogP) is 3.08. The summed E-state index contributed by atoms with van der Waals surface area (Å²) in [5.74, 6) is 0.816. The van der Waals surface area contributed by atoms with Crippen molar-refractivity contribution in [2.45, 2.75) is 52.5 Å². The van der Waals surface area contributed by atoms with Crippen LogP contribution in [0.1, 0.15) is 46.0 Å². The normalized spacial score (nSPS) is 18.6. The third-order valence-electron chi connectivity index (χ3n) is 4.08. The second kappa shape index (κ2) is 6.37. The van der Waals surface area contributed by atoms with E-state index in [1.807, 2.05) is 23.1 Å². The first kappa shape index (κ1) is 13.6. The average molecular weight is 249 g/mol. The number of aromatic nitrogens is 2. The Morgan fingerprint density at radius 2 is 2.11 bits per heavy atom. The first-order valence-corrected chi connectivity index (χ1v) is 7.38. The van der Waals surface area contributed by atoms with Crippen molar-refractivity contribution < 1.29 is 0 Å². The Kier molecular flexibility index (Phi) is 4.81. The van der Waals surface area contributed by atoms with E-state index in [1.54, 1.807) is 0 Å². The maximum Gasteiger partial charge on any atom is 0.0533 e. The van der Waals surface area contributed by atoms with Crippen molar-refractivity contribution in [1.29, 1.82) is 0 Å². The Balaban J connectivity index is 1.72. The maximum atomic E-state index is 4.23. The number of hydrogen-bond acceptors (Lipinski definition) is 2. The second-order valence-electron chi connectivity index (χ2n) is 6.25. The summed E-state index contributed by atoms with van der Waals surface area (Å²) >= 11 is 0. The van der Waals surface area contributed by atoms with Crippen LogP contribution in [0.25, 0.3) is 0 Å². The molecule has 0 unspecified atom stereocenters. The Morgan fingerprint density at radius 1 is 1.33 bits per heavy atom. The van der Waals surface area contributed by atoms with Crippen molar-refractivity contribution in [1.82, 2.24) is 15.1 Å². The minimum Gasteiger partial charge on any atom is -0.314 e. The van der Waals surface area contributed by atoms with Crippen molar-refractivity contribution >= 4 is 0 Å². The van der Waals surface area contributed by atoms with E-state index >= 15 is 0 Å². The smallest absolute Gasteiger partial charge is 0.0533 e. The molecule has 1 aliphatic carbocycles. The number of hydrogen-bond donors (Lipinski definition) is 1. The molecule has 1 fully saturated rings. The van der Waals surface area contributed by atoms with E-state index < -0.39 is 0 Å². The Morgan fingerprint density at radius 3 is 2.72 bits per heavy atom. The van der Waals surface area contributed by atoms with Gasteiger partial charge in [-0.3, -0.25) is 4.68 Å². The zero-order valence-corrected chi connectivity index (χ0v) is 11.9. The topological polar surface area (TPSA) is 29.9 Å². The molecule has 1 heterocycles. The van der Waals surface area contributed by atoms with Gasteiger partial charge in [-0.05, 0) is 36.7 Å². The lowest BCUT2D eigenvalue weighted by Gasteiger charge is -2.31. The summed E-state index contributed by atoms with van der Waals surface area (Å²) < 4.78 is 2.00. The zero-order chi connectivity index (χ0) is 12.8. The molecule has 1 N–H and O–H groups in total. The van der Waals surface area contributed by atoms with Crippen molar-refractivity contribution in [3.63, 3.8) is 0 Å². The lowest BCUT2D eigenvalue weighted by molar-refractivity contribution is 0.223. The van der Waals surface area contributed by atoms with Gasteiger partial charge < -0.3 is 5.32 Å². The quantitative estimate of drug-likeness (QED) is 0.753. The molecular formula is C15H27N3. The largest absolute Gasteiger partial charge is 0.314 e. The molecular weight excluding hydrogens is 222 g/mol. The van der Waals surface area contributed by atoms with Crippen LogP contribution in [0.4, 0.5) is 0 Å². The third-order valence-corrected chi connectivity index (χ3v) is 4.08. The van der Waals surface area contributed by atoms with Crippen molar-refractivity contribution in [3.8, 4) is 0 Å². The molecule has 18 heavy (non-hydrogen) atoms. The van der Waals surface area contributed by atoms with Gasteiger partial charge in [-0.1, -0.05) is 26.7 Å². The molecule has 1 saturated carbocycles. The SMILES string of the molecule is CC(C)CC1(CNCCn2cccn2)CCCC1. The van der Waals surface area contributed by atoms with E-state index in [2.05, 4.69) is 24.3 Å². The van der Waals surface area contributed by atoms with E-state index in [0.717, 1.165) is 19.0 Å². The zero-order valence-electron chi connectivity index (χ0n) is 11.9. The molecule has 0 spiro atoms. The Labute approximate surface area is 111 Å². The number of nitrogens with one attached hydrogen (secondary N) is 1. The van der Waals surface area contributed by atoms with Gasteiger partial charge in [0.2, 0.25) is 0 Å². The summed E-state index contributed by atoms with van der Waals surface area (Å²) in [4.78, 5) is 0. The molecule has 0 amide bonds. The minimum absolute atomic E-state index is 0.582. The minimum atomic E-state index is 0.582. The highest BCUT2D eigenvalue weighted by Crippen LogP contribution is 2.42. The summed E-state index contributed by atoms with van der Waals surface area (Å²) in [6.45, 7) is 7.90. The highest BCUT2D eigenvalue weighted by Gasteiger charge is 2.33. The summed E-state index contributed by atoms with van der Waals surface area (Å²) in [6, 6.07) is 1.98. The van der Waals surface area contributed by atoms with Crippen LogP contribution in [0.15, 0.2) is 18.5 Å². The summed E-state index contributed by atoms with van der Waals surface area (Å²) in [6.07, 6.45) is 10.9. The van der Waals surface area contributed by atoms with Gasteiger partial charge in [0.15, 0.2) is 0 Å². The number of nitrogens with zero attached hydrogens (tertiary/aromatic N) is 2. The van der Waals surface area contributed by atoms with Crippen molar-refractivity contribution in [2.24, 2.45) is 11.3 Å². The van der Waals surface area contributed by atoms with Gasteiger partial charge in [0, 0.05) is 25.5 Å². The van der Waals surface area contributed by atoms with Gasteiger partial charge >= 0.3 is 0 Å². The van der Waals surface area contributed by atoms with E-state index in [4.69, 9.17) is 0 Å². The first-order valence-electron chi connectivity index (χ1n) is 7.38. The molecule has 3 heteroatoms. The summed E-state index contributed by atoms with van der Waals surface area (Å²) in [5.41, 5.74) is 0.582. The molecule has 3 nitrogen and oxygen atoms in total. The van der Waals surface area contributed by atoms with Crippen LogP contribution < -0.4 is 5.32 Å². The highest BCUT2D eigenvalue weighted by atomic mass is 15.3. The van der Waals surface area contributed by atoms with E-state index in [0.29, 0.717) is 5.41 Å². The monoisotopic (exact) mass is 249 g/mol. The fraction of sp³-hybridized carbons (Fsp3) is 0.800. The van der Waals surface area contributed by atoms with Crippen LogP contribution in [-0.4, -0.2) is 22.9 Å². The molecule has 2 rings (SSSR count). The fourth-order valence-corrected chi connectivity index (χ4v) is 3.42. The predicted molar refractivity (Wildman–Crippen MR) is 75.5 cm³/mol. The van der Waals surface area contributed by atoms with Gasteiger partial charge in [-0.2, -0.15) is 5.10 Å². The summed E-state index contributed by atoms with van der Waals surface area (Å²) in [5, 5.41) is 7.88. The lowest BCUT2D eigenvalue weighted by Crippen LogP contribution is -2.35. The van der Waals surface area contributed by atoms with Gasteiger partial charge in [0.05, 0.1) is 6.54 Å². The molecule has 1 aromatic heterocycles. The maximum absolute atomic E-state index is 4.23. The Bertz CT molecular complexity index is 324. The third kappa shape index (κ3) is 3.84. The standard InChI is InChI=1S/C15H27N3/c1-14(2)12-15(6-3-4-7-15)13-16-9-11-18-10-5-8-17-18/h5,8,10,14,16H,3-4,6-7,9,11-13H2,1-2H3. The van der Waals surface area contributed by atoms with Crippen LogP contribution in [-0.2, 0) is 6.54 Å². The van der Waals surface area contributed by atoms with E-state index in [1.165, 1.54) is 38.6 Å². The molecule has 1 aromatic rings. The molecule has 0 bridgehead atoms. The van der Waals surface area contributed by atoms with Crippen LogP contribution in [0, 0.1) is 11.3 Å². The van der Waals surface area contributed by atoms with Crippen LogP contribution in [0.3, 0.4) is 0 Å². The molecule has 0 aromatic carbocycles. The molecule has 0 aliphatic heterocycles. The van der Waals surface area contributed by atoms with Gasteiger partial charge in [0.1, 0.15) is 0 Å². The van der Waals surface area contributed by atoms with Gasteiger partial charge in [-0.15, -0.1) is 0 Å². The van der Waals surface area contributed by atoms with Crippen LogP contribution >= 0.6 is 0 Å². The van der Waals surface area contributed by atoms with Crippen LogP contribution in [0.2, 0.25) is 0 Å². The highest BCUT2D eigenvalue weighted by molar-refractivity contribution is 4.87. The van der Waals surface area contributed by atoms with E-state index in [-0.39, 0.29) is 0 Å². The van der Waals surface area contributed by atoms with Crippen molar-refractivity contribution in [2.75, 3.05) is 13.1 Å². The summed E-state index contributed by atoms with van der Waals surface area (Å²) in [7, 11) is 0. The van der Waals surface area contributed by atoms with Gasteiger partial charge in [-0.25, -0.2) is 0 Å². The molecule has 0 atom stereocenters. The molecule has 0 saturated heterocycles. The first-order chi connectivity index (χ1) is 8.70. The van der Waals surface area contributed by atoms with E-state index in [9.17, 15) is 0 Å². The van der Waals surface area contributed by atoms with Crippen molar-refractivity contribution in [3.05, 3.63) is 18.5 Å². The van der Waals surface area contributed by atoms with Crippen LogP contribution in [0.5, 0.6) is 0 Å².